The second-order valence-corrected chi connectivity index (χ2v) is 9.25. The standard InChI is InChI=1S/C24H20Cl2N4OS/c25-17-6-1-3-8-20(17)28-11-13-29(14-12-28)24(31)22-16-19(23-10-5-15-32-23)27-30(22)21-9-4-2-7-18(21)26/h1-10,15-16H,11-14H2. The van der Waals surface area contributed by atoms with Crippen LogP contribution >= 0.6 is 34.5 Å². The first-order valence-corrected chi connectivity index (χ1v) is 11.9. The molecule has 0 atom stereocenters. The number of hydrogen-bond acceptors (Lipinski definition) is 4. The van der Waals surface area contributed by atoms with E-state index < -0.39 is 0 Å². The van der Waals surface area contributed by atoms with Gasteiger partial charge in [0, 0.05) is 26.2 Å². The summed E-state index contributed by atoms with van der Waals surface area (Å²) in [4.78, 5) is 18.7. The van der Waals surface area contributed by atoms with Gasteiger partial charge in [0.25, 0.3) is 5.91 Å². The third-order valence-corrected chi connectivity index (χ3v) is 7.07. The van der Waals surface area contributed by atoms with E-state index in [1.54, 1.807) is 22.1 Å². The van der Waals surface area contributed by atoms with Crippen molar-refractivity contribution in [2.24, 2.45) is 0 Å². The molecule has 5 nitrogen and oxygen atoms in total. The second-order valence-electron chi connectivity index (χ2n) is 7.49. The molecule has 0 saturated carbocycles. The normalized spacial score (nSPS) is 14.1. The minimum absolute atomic E-state index is 0.0564. The van der Waals surface area contributed by atoms with Crippen LogP contribution in [0.4, 0.5) is 5.69 Å². The highest BCUT2D eigenvalue weighted by Crippen LogP contribution is 2.30. The number of aromatic nitrogens is 2. The molecule has 1 aliphatic rings. The highest BCUT2D eigenvalue weighted by molar-refractivity contribution is 7.13. The second kappa shape index (κ2) is 8.98. The maximum atomic E-state index is 13.6. The molecular weight excluding hydrogens is 463 g/mol. The Bertz CT molecular complexity index is 1250. The van der Waals surface area contributed by atoms with Gasteiger partial charge in [0.2, 0.25) is 0 Å². The van der Waals surface area contributed by atoms with Gasteiger partial charge in [-0.05, 0) is 41.8 Å². The maximum absolute atomic E-state index is 13.6. The summed E-state index contributed by atoms with van der Waals surface area (Å²) in [5.41, 5.74) is 2.96. The van der Waals surface area contributed by atoms with E-state index in [2.05, 4.69) is 4.90 Å². The third-order valence-electron chi connectivity index (χ3n) is 5.54. The van der Waals surface area contributed by atoms with Gasteiger partial charge in [0.1, 0.15) is 11.4 Å². The fourth-order valence-corrected chi connectivity index (χ4v) is 5.06. The van der Waals surface area contributed by atoms with Gasteiger partial charge >= 0.3 is 0 Å². The zero-order valence-corrected chi connectivity index (χ0v) is 19.4. The van der Waals surface area contributed by atoms with Crippen molar-refractivity contribution in [3.8, 4) is 16.3 Å². The Balaban J connectivity index is 1.43. The first kappa shape index (κ1) is 21.1. The summed E-state index contributed by atoms with van der Waals surface area (Å²) < 4.78 is 1.67. The Labute approximate surface area is 200 Å². The lowest BCUT2D eigenvalue weighted by molar-refractivity contribution is 0.0737. The average Bonchev–Trinajstić information content (AvgIpc) is 3.50. The van der Waals surface area contributed by atoms with Crippen molar-refractivity contribution in [2.45, 2.75) is 0 Å². The Kier molecular flexibility index (Phi) is 5.91. The van der Waals surface area contributed by atoms with Crippen LogP contribution in [-0.2, 0) is 0 Å². The van der Waals surface area contributed by atoms with Gasteiger partial charge in [0.15, 0.2) is 0 Å². The lowest BCUT2D eigenvalue weighted by atomic mass is 10.2. The molecule has 0 unspecified atom stereocenters. The molecule has 32 heavy (non-hydrogen) atoms. The van der Waals surface area contributed by atoms with Gasteiger partial charge in [0.05, 0.1) is 26.3 Å². The number of thiophene rings is 1. The quantitative estimate of drug-likeness (QED) is 0.365. The van der Waals surface area contributed by atoms with Gasteiger partial charge < -0.3 is 9.80 Å². The minimum atomic E-state index is -0.0564. The molecule has 1 fully saturated rings. The van der Waals surface area contributed by atoms with Crippen LogP contribution in [0.1, 0.15) is 10.5 Å². The highest BCUT2D eigenvalue weighted by Gasteiger charge is 2.27. The van der Waals surface area contributed by atoms with Gasteiger partial charge in [-0.15, -0.1) is 11.3 Å². The number of piperazine rings is 1. The maximum Gasteiger partial charge on any atom is 0.272 e. The summed E-state index contributed by atoms with van der Waals surface area (Å²) in [6, 6.07) is 21.1. The molecule has 0 N–H and O–H groups in total. The summed E-state index contributed by atoms with van der Waals surface area (Å²) >= 11 is 14.4. The summed E-state index contributed by atoms with van der Waals surface area (Å²) in [5, 5.41) is 8.01. The number of amides is 1. The number of para-hydroxylation sites is 2. The van der Waals surface area contributed by atoms with E-state index >= 15 is 0 Å². The van der Waals surface area contributed by atoms with E-state index in [4.69, 9.17) is 28.3 Å². The predicted octanol–water partition coefficient (Wildman–Crippen LogP) is 5.87. The summed E-state index contributed by atoms with van der Waals surface area (Å²) in [5.74, 6) is -0.0564. The van der Waals surface area contributed by atoms with Crippen LogP contribution < -0.4 is 4.90 Å². The van der Waals surface area contributed by atoms with Crippen LogP contribution in [0.15, 0.2) is 72.1 Å². The van der Waals surface area contributed by atoms with Crippen molar-refractivity contribution in [3.63, 3.8) is 0 Å². The molecule has 0 spiro atoms. The van der Waals surface area contributed by atoms with E-state index in [1.807, 2.05) is 70.9 Å². The van der Waals surface area contributed by atoms with Gasteiger partial charge in [-0.25, -0.2) is 4.68 Å². The Morgan fingerprint density at radius 1 is 0.844 bits per heavy atom. The zero-order chi connectivity index (χ0) is 22.1. The lowest BCUT2D eigenvalue weighted by Gasteiger charge is -2.36. The van der Waals surface area contributed by atoms with Crippen molar-refractivity contribution >= 4 is 46.1 Å². The molecule has 0 radical (unpaired) electrons. The number of halogens is 2. The molecule has 162 valence electrons. The van der Waals surface area contributed by atoms with Crippen molar-refractivity contribution < 1.29 is 4.79 Å². The molecular formula is C24H20Cl2N4OS. The fraction of sp³-hybridized carbons (Fsp3) is 0.167. The molecule has 1 saturated heterocycles. The van der Waals surface area contributed by atoms with Crippen LogP contribution in [0, 0.1) is 0 Å². The summed E-state index contributed by atoms with van der Waals surface area (Å²) in [6.07, 6.45) is 0. The molecule has 1 aliphatic heterocycles. The smallest absolute Gasteiger partial charge is 0.272 e. The molecule has 0 bridgehead atoms. The largest absolute Gasteiger partial charge is 0.367 e. The number of carbonyl (C=O) groups excluding carboxylic acids is 1. The molecule has 8 heteroatoms. The zero-order valence-electron chi connectivity index (χ0n) is 17.1. The van der Waals surface area contributed by atoms with Gasteiger partial charge in [-0.2, -0.15) is 5.10 Å². The van der Waals surface area contributed by atoms with E-state index in [-0.39, 0.29) is 5.91 Å². The number of benzene rings is 2. The van der Waals surface area contributed by atoms with Gasteiger partial charge in [-0.1, -0.05) is 53.5 Å². The van der Waals surface area contributed by atoms with Crippen LogP contribution in [0.2, 0.25) is 10.0 Å². The van der Waals surface area contributed by atoms with E-state index in [1.165, 1.54) is 0 Å². The number of anilines is 1. The van der Waals surface area contributed by atoms with E-state index in [0.29, 0.717) is 42.6 Å². The molecule has 0 aliphatic carbocycles. The van der Waals surface area contributed by atoms with Crippen LogP contribution in [0.5, 0.6) is 0 Å². The molecule has 5 rings (SSSR count). The Morgan fingerprint density at radius 2 is 1.50 bits per heavy atom. The first-order valence-electron chi connectivity index (χ1n) is 10.3. The van der Waals surface area contributed by atoms with Crippen molar-refractivity contribution in [1.29, 1.82) is 0 Å². The van der Waals surface area contributed by atoms with Crippen LogP contribution in [0.3, 0.4) is 0 Å². The lowest BCUT2D eigenvalue weighted by Crippen LogP contribution is -2.49. The van der Waals surface area contributed by atoms with Gasteiger partial charge in [-0.3, -0.25) is 4.79 Å². The summed E-state index contributed by atoms with van der Waals surface area (Å²) in [7, 11) is 0. The van der Waals surface area contributed by atoms with E-state index in [0.717, 1.165) is 21.3 Å². The van der Waals surface area contributed by atoms with Crippen LogP contribution in [-0.4, -0.2) is 46.8 Å². The minimum Gasteiger partial charge on any atom is -0.367 e. The third kappa shape index (κ3) is 4.01. The Hall–Kier alpha value is -2.80. The number of rotatable bonds is 4. The summed E-state index contributed by atoms with van der Waals surface area (Å²) in [6.45, 7) is 2.64. The van der Waals surface area contributed by atoms with E-state index in [9.17, 15) is 4.79 Å². The highest BCUT2D eigenvalue weighted by atomic mass is 35.5. The topological polar surface area (TPSA) is 41.4 Å². The molecule has 2 aromatic carbocycles. The predicted molar refractivity (Wildman–Crippen MR) is 131 cm³/mol. The SMILES string of the molecule is O=C(c1cc(-c2cccs2)nn1-c1ccccc1Cl)N1CCN(c2ccccc2Cl)CC1. The average molecular weight is 483 g/mol. The van der Waals surface area contributed by atoms with Crippen molar-refractivity contribution in [1.82, 2.24) is 14.7 Å². The number of carbonyl (C=O) groups is 1. The number of nitrogens with zero attached hydrogens (tertiary/aromatic N) is 4. The fourth-order valence-electron chi connectivity index (χ4n) is 3.91. The molecule has 3 heterocycles. The Morgan fingerprint density at radius 3 is 2.12 bits per heavy atom. The monoisotopic (exact) mass is 482 g/mol. The number of hydrogen-bond donors (Lipinski definition) is 0. The molecule has 2 aromatic heterocycles. The van der Waals surface area contributed by atoms with Crippen molar-refractivity contribution in [3.05, 3.63) is 87.8 Å². The molecule has 1 amide bonds. The van der Waals surface area contributed by atoms with Crippen LogP contribution in [0.25, 0.3) is 16.3 Å². The molecule has 4 aromatic rings. The first-order chi connectivity index (χ1) is 15.6. The van der Waals surface area contributed by atoms with Crippen molar-refractivity contribution in [2.75, 3.05) is 31.1 Å².